The minimum absolute atomic E-state index is 0.0246. The molecule has 0 spiro atoms. The van der Waals surface area contributed by atoms with E-state index in [0.29, 0.717) is 12.8 Å². The van der Waals surface area contributed by atoms with Gasteiger partial charge in [0.2, 0.25) is 10.0 Å². The van der Waals surface area contributed by atoms with E-state index in [0.717, 1.165) is 17.1 Å². The van der Waals surface area contributed by atoms with Crippen LogP contribution in [0.4, 0.5) is 8.78 Å². The first-order valence-electron chi connectivity index (χ1n) is 5.45. The van der Waals surface area contributed by atoms with E-state index in [1.54, 1.807) is 0 Å². The lowest BCUT2D eigenvalue weighted by Crippen LogP contribution is -2.43. The van der Waals surface area contributed by atoms with Crippen LogP contribution in [0.5, 0.6) is 0 Å². The smallest absolute Gasteiger partial charge is 0.252 e. The van der Waals surface area contributed by atoms with Gasteiger partial charge in [-0.3, -0.25) is 0 Å². The molecule has 0 atom stereocenters. The zero-order chi connectivity index (χ0) is 12.2. The van der Waals surface area contributed by atoms with Crippen molar-refractivity contribution in [2.24, 2.45) is 5.73 Å². The fourth-order valence-corrected chi connectivity index (χ4v) is 4.05. The molecule has 0 aliphatic heterocycles. The molecule has 0 radical (unpaired) electrons. The second-order valence-corrected chi connectivity index (χ2v) is 6.20. The van der Waals surface area contributed by atoms with Gasteiger partial charge in [0, 0.05) is 13.1 Å². The van der Waals surface area contributed by atoms with Crippen LogP contribution in [0, 0.1) is 0 Å². The summed E-state index contributed by atoms with van der Waals surface area (Å²) < 4.78 is 49.4. The zero-order valence-electron chi connectivity index (χ0n) is 9.11. The quantitative estimate of drug-likeness (QED) is 0.764. The highest BCUT2D eigenvalue weighted by molar-refractivity contribution is 7.89. The average Bonchev–Trinajstić information content (AvgIpc) is 2.69. The van der Waals surface area contributed by atoms with Gasteiger partial charge in [0.1, 0.15) is 0 Å². The maximum Gasteiger partial charge on any atom is 0.252 e. The Kier molecular flexibility index (Phi) is 5.07. The largest absolute Gasteiger partial charge is 0.329 e. The van der Waals surface area contributed by atoms with Gasteiger partial charge in [-0.1, -0.05) is 12.8 Å². The molecule has 0 aromatic rings. The van der Waals surface area contributed by atoms with Gasteiger partial charge in [-0.05, 0) is 12.8 Å². The Morgan fingerprint density at radius 2 is 1.88 bits per heavy atom. The van der Waals surface area contributed by atoms with Crippen molar-refractivity contribution in [2.45, 2.75) is 37.4 Å². The molecule has 1 aliphatic rings. The lowest BCUT2D eigenvalue weighted by atomic mass is 10.4. The van der Waals surface area contributed by atoms with Gasteiger partial charge in [0.05, 0.1) is 11.8 Å². The lowest BCUT2D eigenvalue weighted by Gasteiger charge is -2.24. The number of rotatable bonds is 6. The number of hydrogen-bond donors (Lipinski definition) is 1. The van der Waals surface area contributed by atoms with Crippen molar-refractivity contribution in [3.05, 3.63) is 0 Å². The number of nitrogens with two attached hydrogens (primary N) is 1. The summed E-state index contributed by atoms with van der Waals surface area (Å²) in [7, 11) is -3.58. The lowest BCUT2D eigenvalue weighted by molar-refractivity contribution is 0.120. The molecule has 16 heavy (non-hydrogen) atoms. The van der Waals surface area contributed by atoms with E-state index in [4.69, 9.17) is 5.73 Å². The van der Waals surface area contributed by atoms with Crippen LogP contribution >= 0.6 is 0 Å². The van der Waals surface area contributed by atoms with Gasteiger partial charge in [-0.15, -0.1) is 0 Å². The summed E-state index contributed by atoms with van der Waals surface area (Å²) in [6, 6.07) is 0. The highest BCUT2D eigenvalue weighted by Crippen LogP contribution is 2.27. The van der Waals surface area contributed by atoms with Crippen LogP contribution in [0.25, 0.3) is 0 Å². The Balaban J connectivity index is 2.74. The molecule has 0 amide bonds. The van der Waals surface area contributed by atoms with Gasteiger partial charge in [-0.2, -0.15) is 4.31 Å². The molecule has 1 saturated carbocycles. The van der Waals surface area contributed by atoms with Crippen LogP contribution in [-0.2, 0) is 10.0 Å². The Morgan fingerprint density at radius 3 is 2.31 bits per heavy atom. The monoisotopic (exact) mass is 256 g/mol. The van der Waals surface area contributed by atoms with Crippen LogP contribution in [-0.4, -0.2) is 44.0 Å². The summed E-state index contributed by atoms with van der Waals surface area (Å²) in [5.74, 6) is 0. The third kappa shape index (κ3) is 3.36. The Hall–Kier alpha value is -0.270. The number of nitrogens with zero attached hydrogens (tertiary/aromatic N) is 1. The third-order valence-electron chi connectivity index (χ3n) is 2.80. The molecule has 1 fully saturated rings. The van der Waals surface area contributed by atoms with Gasteiger partial charge in [0.25, 0.3) is 6.43 Å². The van der Waals surface area contributed by atoms with Gasteiger partial charge in [0.15, 0.2) is 0 Å². The topological polar surface area (TPSA) is 63.4 Å². The predicted molar refractivity (Wildman–Crippen MR) is 57.8 cm³/mol. The number of sulfonamides is 1. The molecular formula is C9H18F2N2O2S. The van der Waals surface area contributed by atoms with E-state index in [1.807, 2.05) is 0 Å². The summed E-state index contributed by atoms with van der Waals surface area (Å²) >= 11 is 0. The van der Waals surface area contributed by atoms with E-state index < -0.39 is 28.2 Å². The average molecular weight is 256 g/mol. The normalized spacial score (nSPS) is 18.8. The van der Waals surface area contributed by atoms with Crippen molar-refractivity contribution in [3.63, 3.8) is 0 Å². The van der Waals surface area contributed by atoms with E-state index >= 15 is 0 Å². The van der Waals surface area contributed by atoms with Gasteiger partial charge >= 0.3 is 0 Å². The van der Waals surface area contributed by atoms with Crippen molar-refractivity contribution in [2.75, 3.05) is 19.6 Å². The van der Waals surface area contributed by atoms with E-state index in [2.05, 4.69) is 0 Å². The Labute approximate surface area is 94.8 Å². The molecule has 0 bridgehead atoms. The zero-order valence-corrected chi connectivity index (χ0v) is 9.93. The Morgan fingerprint density at radius 1 is 1.31 bits per heavy atom. The standard InChI is InChI=1S/C9H18F2N2O2S/c10-9(11)7-13(6-5-12)16(14,15)8-3-1-2-4-8/h8-9H,1-7,12H2. The van der Waals surface area contributed by atoms with Crippen molar-refractivity contribution in [1.82, 2.24) is 4.31 Å². The molecule has 0 aromatic heterocycles. The SMILES string of the molecule is NCCN(CC(F)F)S(=O)(=O)C1CCCC1. The molecule has 0 aromatic carbocycles. The molecule has 0 saturated heterocycles. The first-order chi connectivity index (χ1) is 7.48. The maximum absolute atomic E-state index is 12.3. The van der Waals surface area contributed by atoms with Crippen molar-refractivity contribution in [1.29, 1.82) is 0 Å². The van der Waals surface area contributed by atoms with Crippen LogP contribution < -0.4 is 5.73 Å². The molecule has 96 valence electrons. The van der Waals surface area contributed by atoms with Gasteiger partial charge < -0.3 is 5.73 Å². The number of hydrogen-bond acceptors (Lipinski definition) is 3. The number of alkyl halides is 2. The summed E-state index contributed by atoms with van der Waals surface area (Å²) in [5.41, 5.74) is 5.25. The highest BCUT2D eigenvalue weighted by atomic mass is 32.2. The summed E-state index contributed by atoms with van der Waals surface area (Å²) in [6.07, 6.45) is 0.214. The summed E-state index contributed by atoms with van der Waals surface area (Å²) in [4.78, 5) is 0. The van der Waals surface area contributed by atoms with Crippen molar-refractivity contribution >= 4 is 10.0 Å². The summed E-state index contributed by atoms with van der Waals surface area (Å²) in [6.45, 7) is -0.697. The van der Waals surface area contributed by atoms with Crippen LogP contribution in [0.15, 0.2) is 0 Å². The molecule has 0 heterocycles. The first kappa shape index (κ1) is 13.8. The molecule has 0 unspecified atom stereocenters. The van der Waals surface area contributed by atoms with Gasteiger partial charge in [-0.25, -0.2) is 17.2 Å². The molecule has 7 heteroatoms. The van der Waals surface area contributed by atoms with Crippen molar-refractivity contribution < 1.29 is 17.2 Å². The van der Waals surface area contributed by atoms with Crippen LogP contribution in [0.2, 0.25) is 0 Å². The minimum atomic E-state index is -3.58. The van der Waals surface area contributed by atoms with Crippen LogP contribution in [0.1, 0.15) is 25.7 Å². The molecule has 1 rings (SSSR count). The second-order valence-electron chi connectivity index (χ2n) is 3.99. The van der Waals surface area contributed by atoms with E-state index in [9.17, 15) is 17.2 Å². The minimum Gasteiger partial charge on any atom is -0.329 e. The van der Waals surface area contributed by atoms with Crippen LogP contribution in [0.3, 0.4) is 0 Å². The first-order valence-corrected chi connectivity index (χ1v) is 6.96. The third-order valence-corrected chi connectivity index (χ3v) is 5.17. The number of halogens is 2. The molecule has 2 N–H and O–H groups in total. The maximum atomic E-state index is 12.3. The molecule has 1 aliphatic carbocycles. The van der Waals surface area contributed by atoms with E-state index in [1.165, 1.54) is 0 Å². The fourth-order valence-electron chi connectivity index (χ4n) is 2.02. The second kappa shape index (κ2) is 5.88. The Bertz CT molecular complexity index is 303. The van der Waals surface area contributed by atoms with Crippen molar-refractivity contribution in [3.8, 4) is 0 Å². The predicted octanol–water partition coefficient (Wildman–Crippen LogP) is 0.785. The molecule has 4 nitrogen and oxygen atoms in total. The highest BCUT2D eigenvalue weighted by Gasteiger charge is 2.34. The summed E-state index contributed by atoms with van der Waals surface area (Å²) in [5, 5.41) is -0.488. The van der Waals surface area contributed by atoms with E-state index in [-0.39, 0.29) is 13.1 Å². The molecular weight excluding hydrogens is 238 g/mol. The fraction of sp³-hybridized carbons (Fsp3) is 1.00.